The van der Waals surface area contributed by atoms with Crippen LogP contribution in [0, 0.1) is 31.4 Å². The van der Waals surface area contributed by atoms with Crippen LogP contribution in [0.4, 0.5) is 8.78 Å². The van der Waals surface area contributed by atoms with Crippen LogP contribution in [-0.2, 0) is 17.9 Å². The number of hydrogen-bond acceptors (Lipinski definition) is 3. The second-order valence-corrected chi connectivity index (χ2v) is 8.70. The third-order valence-electron chi connectivity index (χ3n) is 6.46. The molecule has 1 saturated heterocycles. The number of carbonyl (C=O) groups excluding carboxylic acids is 2. The van der Waals surface area contributed by atoms with Gasteiger partial charge >= 0.3 is 0 Å². The zero-order chi connectivity index (χ0) is 24.2. The fourth-order valence-corrected chi connectivity index (χ4v) is 4.40. The molecule has 0 bridgehead atoms. The molecule has 2 amide bonds. The molecule has 6 nitrogen and oxygen atoms in total. The number of benzene rings is 2. The van der Waals surface area contributed by atoms with E-state index in [1.54, 1.807) is 0 Å². The van der Waals surface area contributed by atoms with E-state index in [-0.39, 0.29) is 17.4 Å². The average molecular weight is 467 g/mol. The predicted molar refractivity (Wildman–Crippen MR) is 124 cm³/mol. The quantitative estimate of drug-likeness (QED) is 0.597. The van der Waals surface area contributed by atoms with Gasteiger partial charge < -0.3 is 10.2 Å². The van der Waals surface area contributed by atoms with E-state index in [1.165, 1.54) is 4.90 Å². The van der Waals surface area contributed by atoms with E-state index in [9.17, 15) is 18.4 Å². The van der Waals surface area contributed by atoms with Gasteiger partial charge in [0, 0.05) is 42.9 Å². The molecule has 0 unspecified atom stereocenters. The zero-order valence-corrected chi connectivity index (χ0v) is 19.4. The van der Waals surface area contributed by atoms with Crippen molar-refractivity contribution in [1.29, 1.82) is 0 Å². The number of carbonyl (C=O) groups is 2. The third-order valence-corrected chi connectivity index (χ3v) is 6.46. The van der Waals surface area contributed by atoms with Gasteiger partial charge in [-0.1, -0.05) is 30.3 Å². The van der Waals surface area contributed by atoms with Gasteiger partial charge in [0.25, 0.3) is 5.91 Å². The van der Waals surface area contributed by atoms with Crippen molar-refractivity contribution in [1.82, 2.24) is 20.0 Å². The second-order valence-electron chi connectivity index (χ2n) is 8.70. The molecule has 3 aromatic rings. The lowest BCUT2D eigenvalue weighted by molar-refractivity contribution is -0.126. The van der Waals surface area contributed by atoms with Crippen LogP contribution in [0.2, 0.25) is 0 Å². The molecule has 2 aromatic carbocycles. The van der Waals surface area contributed by atoms with Gasteiger partial charge in [-0.2, -0.15) is 5.10 Å². The van der Waals surface area contributed by atoms with Crippen molar-refractivity contribution < 1.29 is 18.4 Å². The van der Waals surface area contributed by atoms with E-state index >= 15 is 0 Å². The number of aromatic nitrogens is 2. The molecule has 1 aliphatic rings. The molecule has 0 saturated carbocycles. The highest BCUT2D eigenvalue weighted by Crippen LogP contribution is 2.21. The van der Waals surface area contributed by atoms with Gasteiger partial charge in [0.05, 0.1) is 17.8 Å². The number of likely N-dealkylation sites (tertiary alicyclic amines) is 1. The maximum atomic E-state index is 14.0. The minimum Gasteiger partial charge on any atom is -0.352 e. The predicted octanol–water partition coefficient (Wildman–Crippen LogP) is 4.00. The topological polar surface area (TPSA) is 67.2 Å². The van der Waals surface area contributed by atoms with Gasteiger partial charge in [0.15, 0.2) is 0 Å². The van der Waals surface area contributed by atoms with E-state index in [2.05, 4.69) is 22.5 Å². The molecule has 0 aliphatic carbocycles. The monoisotopic (exact) mass is 466 g/mol. The first-order chi connectivity index (χ1) is 16.3. The highest BCUT2D eigenvalue weighted by molar-refractivity contribution is 5.94. The van der Waals surface area contributed by atoms with Gasteiger partial charge in [-0.25, -0.2) is 8.78 Å². The Kier molecular flexibility index (Phi) is 7.05. The molecule has 1 aromatic heterocycles. The SMILES string of the molecule is Cc1nn(Cc2ccccc2)c(C)c1CNC(=O)C1CCN(C(=O)c2ccc(F)cc2F)CC1. The molecule has 34 heavy (non-hydrogen) atoms. The summed E-state index contributed by atoms with van der Waals surface area (Å²) in [5, 5.41) is 7.65. The summed E-state index contributed by atoms with van der Waals surface area (Å²) in [6.07, 6.45) is 0.983. The number of nitrogens with zero attached hydrogens (tertiary/aromatic N) is 3. The molecule has 1 fully saturated rings. The van der Waals surface area contributed by atoms with Crippen molar-refractivity contribution in [2.45, 2.75) is 39.8 Å². The molecular weight excluding hydrogens is 438 g/mol. The fourth-order valence-electron chi connectivity index (χ4n) is 4.40. The Bertz CT molecular complexity index is 1190. The molecule has 1 N–H and O–H groups in total. The molecule has 0 radical (unpaired) electrons. The normalized spacial score (nSPS) is 14.3. The zero-order valence-electron chi connectivity index (χ0n) is 19.4. The molecule has 1 aliphatic heterocycles. The summed E-state index contributed by atoms with van der Waals surface area (Å²) in [4.78, 5) is 26.9. The fraction of sp³-hybridized carbons (Fsp3) is 0.346. The summed E-state index contributed by atoms with van der Waals surface area (Å²) in [6, 6.07) is 13.0. The molecule has 178 valence electrons. The number of aryl methyl sites for hydroxylation is 1. The molecule has 0 atom stereocenters. The Morgan fingerprint density at radius 3 is 2.44 bits per heavy atom. The molecular formula is C26H28F2N4O2. The van der Waals surface area contributed by atoms with Crippen LogP contribution in [0.15, 0.2) is 48.5 Å². The van der Waals surface area contributed by atoms with Crippen LogP contribution in [0.5, 0.6) is 0 Å². The number of piperidine rings is 1. The summed E-state index contributed by atoms with van der Waals surface area (Å²) >= 11 is 0. The summed E-state index contributed by atoms with van der Waals surface area (Å²) in [7, 11) is 0. The molecule has 8 heteroatoms. The third kappa shape index (κ3) is 5.16. The Morgan fingerprint density at radius 1 is 1.06 bits per heavy atom. The van der Waals surface area contributed by atoms with Crippen LogP contribution in [0.25, 0.3) is 0 Å². The van der Waals surface area contributed by atoms with Crippen LogP contribution in [0.1, 0.15) is 45.7 Å². The van der Waals surface area contributed by atoms with Crippen molar-refractivity contribution in [2.75, 3.05) is 13.1 Å². The van der Waals surface area contributed by atoms with Crippen LogP contribution in [0.3, 0.4) is 0 Å². The minimum atomic E-state index is -0.872. The molecule has 2 heterocycles. The van der Waals surface area contributed by atoms with Gasteiger partial charge in [0.2, 0.25) is 5.91 Å². The summed E-state index contributed by atoms with van der Waals surface area (Å²) in [5.74, 6) is -2.35. The lowest BCUT2D eigenvalue weighted by Gasteiger charge is -2.31. The van der Waals surface area contributed by atoms with Crippen LogP contribution >= 0.6 is 0 Å². The largest absolute Gasteiger partial charge is 0.352 e. The minimum absolute atomic E-state index is 0.0605. The lowest BCUT2D eigenvalue weighted by atomic mass is 9.95. The summed E-state index contributed by atoms with van der Waals surface area (Å²) < 4.78 is 29.0. The Labute approximate surface area is 197 Å². The first-order valence-electron chi connectivity index (χ1n) is 11.4. The number of rotatable bonds is 6. The maximum Gasteiger partial charge on any atom is 0.256 e. The molecule has 4 rings (SSSR count). The van der Waals surface area contributed by atoms with Crippen molar-refractivity contribution >= 4 is 11.8 Å². The van der Waals surface area contributed by atoms with Gasteiger partial charge in [-0.3, -0.25) is 14.3 Å². The Hall–Kier alpha value is -3.55. The number of halogens is 2. The first-order valence-corrected chi connectivity index (χ1v) is 11.4. The van der Waals surface area contributed by atoms with E-state index in [1.807, 2.05) is 36.7 Å². The van der Waals surface area contributed by atoms with Gasteiger partial charge in [-0.15, -0.1) is 0 Å². The highest BCUT2D eigenvalue weighted by Gasteiger charge is 2.29. The van der Waals surface area contributed by atoms with E-state index in [4.69, 9.17) is 0 Å². The van der Waals surface area contributed by atoms with Crippen LogP contribution in [-0.4, -0.2) is 39.6 Å². The molecule has 0 spiro atoms. The van der Waals surface area contributed by atoms with E-state index in [0.717, 1.165) is 34.6 Å². The van der Waals surface area contributed by atoms with Gasteiger partial charge in [0.1, 0.15) is 11.6 Å². The van der Waals surface area contributed by atoms with Crippen molar-refractivity contribution in [3.63, 3.8) is 0 Å². The Balaban J connectivity index is 1.31. The second kappa shape index (κ2) is 10.2. The smallest absolute Gasteiger partial charge is 0.256 e. The first kappa shape index (κ1) is 23.6. The van der Waals surface area contributed by atoms with Crippen LogP contribution < -0.4 is 5.32 Å². The average Bonchev–Trinajstić information content (AvgIpc) is 3.10. The van der Waals surface area contributed by atoms with Crippen molar-refractivity contribution in [3.05, 3.63) is 88.2 Å². The van der Waals surface area contributed by atoms with E-state index in [0.29, 0.717) is 45.1 Å². The number of nitrogens with one attached hydrogen (secondary N) is 1. The Morgan fingerprint density at radius 2 is 1.76 bits per heavy atom. The van der Waals surface area contributed by atoms with Crippen molar-refractivity contribution in [2.24, 2.45) is 5.92 Å². The number of hydrogen-bond donors (Lipinski definition) is 1. The standard InChI is InChI=1S/C26H28F2N4O2/c1-17-23(18(2)32(30-17)16-19-6-4-3-5-7-19)15-29-25(33)20-10-12-31(13-11-20)26(34)22-9-8-21(27)14-24(22)28/h3-9,14,20H,10-13,15-16H2,1-2H3,(H,29,33). The van der Waals surface area contributed by atoms with Crippen molar-refractivity contribution in [3.8, 4) is 0 Å². The van der Waals surface area contributed by atoms with Gasteiger partial charge in [-0.05, 0) is 44.4 Å². The summed E-state index contributed by atoms with van der Waals surface area (Å²) in [5.41, 5.74) is 3.91. The van der Waals surface area contributed by atoms with E-state index < -0.39 is 17.5 Å². The highest BCUT2D eigenvalue weighted by atomic mass is 19.1. The maximum absolute atomic E-state index is 14.0. The number of amides is 2. The summed E-state index contributed by atoms with van der Waals surface area (Å²) in [6.45, 7) is 5.70. The lowest BCUT2D eigenvalue weighted by Crippen LogP contribution is -2.43.